The number of halogens is 2. The van der Waals surface area contributed by atoms with Gasteiger partial charge in [0.05, 0.1) is 22.8 Å². The van der Waals surface area contributed by atoms with E-state index in [0.29, 0.717) is 21.3 Å². The zero-order valence-electron chi connectivity index (χ0n) is 10.3. The number of aromatic nitrogens is 1. The molecule has 0 radical (unpaired) electrons. The van der Waals surface area contributed by atoms with Crippen molar-refractivity contribution < 1.29 is 9.53 Å². The lowest BCUT2D eigenvalue weighted by molar-refractivity contribution is 0.0595. The lowest BCUT2D eigenvalue weighted by Gasteiger charge is -2.06. The van der Waals surface area contributed by atoms with Crippen molar-refractivity contribution in [2.75, 3.05) is 7.11 Å². The molecule has 5 nitrogen and oxygen atoms in total. The first-order valence-corrected chi connectivity index (χ1v) is 6.20. The molecule has 0 saturated carbocycles. The molecule has 0 N–H and O–H groups in total. The Bertz CT molecular complexity index is 689. The van der Waals surface area contributed by atoms with Crippen molar-refractivity contribution in [3.8, 4) is 11.3 Å². The molecule has 0 atom stereocenters. The summed E-state index contributed by atoms with van der Waals surface area (Å²) in [6.07, 6.45) is 0. The molecule has 2 rings (SSSR count). The Morgan fingerprint density at radius 3 is 2.55 bits per heavy atom. The zero-order valence-corrected chi connectivity index (χ0v) is 11.8. The second kappa shape index (κ2) is 5.98. The van der Waals surface area contributed by atoms with Gasteiger partial charge in [0.25, 0.3) is 0 Å². The monoisotopic (exact) mass is 310 g/mol. The minimum Gasteiger partial charge on any atom is -0.464 e. The Morgan fingerprint density at radius 1 is 1.20 bits per heavy atom. The number of carbonyl (C=O) groups is 1. The van der Waals surface area contributed by atoms with Gasteiger partial charge in [-0.25, -0.2) is 9.78 Å². The second-order valence-corrected chi connectivity index (χ2v) is 4.59. The molecule has 0 aliphatic heterocycles. The topological polar surface area (TPSA) is 68.6 Å². The van der Waals surface area contributed by atoms with E-state index >= 15 is 0 Å². The van der Waals surface area contributed by atoms with Gasteiger partial charge in [-0.05, 0) is 29.4 Å². The van der Waals surface area contributed by atoms with E-state index in [-0.39, 0.29) is 11.4 Å². The standard InChI is InChI=1S/C13H8Cl2N2O3/c1-20-13(18)12-11(17-19)5-4-10(16-12)7-2-3-8(14)9(15)6-7/h2-6H,1H3. The normalized spacial score (nSPS) is 10.2. The molecule has 0 bridgehead atoms. The largest absolute Gasteiger partial charge is 0.464 e. The zero-order chi connectivity index (χ0) is 14.7. The van der Waals surface area contributed by atoms with Crippen molar-refractivity contribution in [3.63, 3.8) is 0 Å². The number of hydrogen-bond acceptors (Lipinski definition) is 5. The van der Waals surface area contributed by atoms with Crippen LogP contribution in [0.25, 0.3) is 11.3 Å². The first-order chi connectivity index (χ1) is 9.56. The molecule has 0 aliphatic carbocycles. The Hall–Kier alpha value is -1.98. The molecule has 0 amide bonds. The van der Waals surface area contributed by atoms with Gasteiger partial charge < -0.3 is 4.74 Å². The molecule has 0 saturated heterocycles. The lowest BCUT2D eigenvalue weighted by Crippen LogP contribution is -2.05. The number of nitroso groups, excluding NO2 is 1. The van der Waals surface area contributed by atoms with E-state index < -0.39 is 5.97 Å². The predicted octanol–water partition coefficient (Wildman–Crippen LogP) is 4.24. The Balaban J connectivity index is 2.55. The summed E-state index contributed by atoms with van der Waals surface area (Å²) in [5.41, 5.74) is 0.880. The van der Waals surface area contributed by atoms with E-state index in [1.54, 1.807) is 24.3 Å². The summed E-state index contributed by atoms with van der Waals surface area (Å²) >= 11 is 11.8. The molecule has 102 valence electrons. The molecule has 7 heteroatoms. The highest BCUT2D eigenvalue weighted by Gasteiger charge is 2.16. The highest BCUT2D eigenvalue weighted by atomic mass is 35.5. The van der Waals surface area contributed by atoms with Gasteiger partial charge in [-0.15, -0.1) is 4.91 Å². The van der Waals surface area contributed by atoms with Gasteiger partial charge in [-0.2, -0.15) is 0 Å². The SMILES string of the molecule is COC(=O)c1nc(-c2ccc(Cl)c(Cl)c2)ccc1N=O. The summed E-state index contributed by atoms with van der Waals surface area (Å²) in [6.45, 7) is 0. The van der Waals surface area contributed by atoms with Crippen LogP contribution >= 0.6 is 23.2 Å². The van der Waals surface area contributed by atoms with Crippen molar-refractivity contribution in [3.05, 3.63) is 51.0 Å². The molecule has 0 spiro atoms. The summed E-state index contributed by atoms with van der Waals surface area (Å²) in [7, 11) is 1.20. The fraction of sp³-hybridized carbons (Fsp3) is 0.0769. The number of benzene rings is 1. The molecular formula is C13H8Cl2N2O3. The first kappa shape index (κ1) is 14.4. The van der Waals surface area contributed by atoms with Crippen molar-refractivity contribution in [1.82, 2.24) is 4.98 Å². The molecule has 20 heavy (non-hydrogen) atoms. The van der Waals surface area contributed by atoms with Crippen LogP contribution in [0.3, 0.4) is 0 Å². The average Bonchev–Trinajstić information content (AvgIpc) is 2.48. The number of hydrogen-bond donors (Lipinski definition) is 0. The third kappa shape index (κ3) is 2.79. The summed E-state index contributed by atoms with van der Waals surface area (Å²) in [5, 5.41) is 3.52. The second-order valence-electron chi connectivity index (χ2n) is 3.78. The minimum atomic E-state index is -0.735. The summed E-state index contributed by atoms with van der Waals surface area (Å²) < 4.78 is 4.56. The smallest absolute Gasteiger partial charge is 0.359 e. The molecule has 0 fully saturated rings. The van der Waals surface area contributed by atoms with Crippen LogP contribution in [-0.4, -0.2) is 18.1 Å². The van der Waals surface area contributed by atoms with Crippen LogP contribution in [0.4, 0.5) is 5.69 Å². The number of carbonyl (C=O) groups excluding carboxylic acids is 1. The van der Waals surface area contributed by atoms with Gasteiger partial charge in [0.15, 0.2) is 5.69 Å². The minimum absolute atomic E-state index is 0.0827. The molecule has 1 heterocycles. The fourth-order valence-corrected chi connectivity index (χ4v) is 1.89. The average molecular weight is 311 g/mol. The van der Waals surface area contributed by atoms with Crippen LogP contribution in [0.1, 0.15) is 10.5 Å². The van der Waals surface area contributed by atoms with Gasteiger partial charge in [0, 0.05) is 5.56 Å². The van der Waals surface area contributed by atoms with E-state index in [0.717, 1.165) is 0 Å². The Kier molecular flexibility index (Phi) is 4.32. The quantitative estimate of drug-likeness (QED) is 0.628. The van der Waals surface area contributed by atoms with E-state index in [4.69, 9.17) is 23.2 Å². The number of ether oxygens (including phenoxy) is 1. The summed E-state index contributed by atoms with van der Waals surface area (Å²) in [5.74, 6) is -0.735. The van der Waals surface area contributed by atoms with Crippen LogP contribution in [0, 0.1) is 4.91 Å². The van der Waals surface area contributed by atoms with Crippen molar-refractivity contribution in [2.45, 2.75) is 0 Å². The highest BCUT2D eigenvalue weighted by Crippen LogP contribution is 2.29. The van der Waals surface area contributed by atoms with Gasteiger partial charge in [0.2, 0.25) is 0 Å². The number of esters is 1. The number of pyridine rings is 1. The molecular weight excluding hydrogens is 303 g/mol. The highest BCUT2D eigenvalue weighted by molar-refractivity contribution is 6.42. The Labute approximate surface area is 124 Å². The lowest BCUT2D eigenvalue weighted by atomic mass is 10.1. The maximum absolute atomic E-state index is 11.6. The molecule has 0 aliphatic rings. The van der Waals surface area contributed by atoms with Crippen molar-refractivity contribution in [2.24, 2.45) is 5.18 Å². The van der Waals surface area contributed by atoms with Crippen LogP contribution < -0.4 is 0 Å². The van der Waals surface area contributed by atoms with Gasteiger partial charge in [-0.1, -0.05) is 29.3 Å². The fourth-order valence-electron chi connectivity index (χ4n) is 1.59. The summed E-state index contributed by atoms with van der Waals surface area (Å²) in [4.78, 5) is 26.3. The van der Waals surface area contributed by atoms with Crippen LogP contribution in [0.2, 0.25) is 10.0 Å². The number of methoxy groups -OCH3 is 1. The van der Waals surface area contributed by atoms with Crippen LogP contribution in [0.5, 0.6) is 0 Å². The number of rotatable bonds is 3. The predicted molar refractivity (Wildman–Crippen MR) is 76.5 cm³/mol. The first-order valence-electron chi connectivity index (χ1n) is 5.45. The maximum atomic E-state index is 11.6. The van der Waals surface area contributed by atoms with Crippen LogP contribution in [-0.2, 0) is 4.74 Å². The summed E-state index contributed by atoms with van der Waals surface area (Å²) in [6, 6.07) is 7.88. The van der Waals surface area contributed by atoms with Gasteiger partial charge >= 0.3 is 5.97 Å². The maximum Gasteiger partial charge on any atom is 0.359 e. The molecule has 0 unspecified atom stereocenters. The van der Waals surface area contributed by atoms with Gasteiger partial charge in [-0.3, -0.25) is 0 Å². The van der Waals surface area contributed by atoms with E-state index in [9.17, 15) is 9.70 Å². The van der Waals surface area contributed by atoms with Crippen molar-refractivity contribution in [1.29, 1.82) is 0 Å². The van der Waals surface area contributed by atoms with Crippen molar-refractivity contribution >= 4 is 34.9 Å². The van der Waals surface area contributed by atoms with E-state index in [1.165, 1.54) is 13.2 Å². The van der Waals surface area contributed by atoms with E-state index in [2.05, 4.69) is 14.9 Å². The number of nitrogens with zero attached hydrogens (tertiary/aromatic N) is 2. The van der Waals surface area contributed by atoms with E-state index in [1.807, 2.05) is 0 Å². The molecule has 1 aromatic heterocycles. The van der Waals surface area contributed by atoms with Crippen LogP contribution in [0.15, 0.2) is 35.5 Å². The molecule has 2 aromatic rings. The van der Waals surface area contributed by atoms with Gasteiger partial charge in [0.1, 0.15) is 5.69 Å². The molecule has 1 aromatic carbocycles. The third-order valence-electron chi connectivity index (χ3n) is 2.57. The Morgan fingerprint density at radius 2 is 1.95 bits per heavy atom. The third-order valence-corrected chi connectivity index (χ3v) is 3.31.